The Bertz CT molecular complexity index is 929. The number of benzene rings is 2. The summed E-state index contributed by atoms with van der Waals surface area (Å²) < 4.78 is 39.9. The summed E-state index contributed by atoms with van der Waals surface area (Å²) in [7, 11) is -3.66. The van der Waals surface area contributed by atoms with Gasteiger partial charge in [-0.1, -0.05) is 11.6 Å². The number of nitro groups is 1. The maximum Gasteiger partial charge on any atom is 0.295 e. The zero-order valence-electron chi connectivity index (χ0n) is 13.5. The lowest BCUT2D eigenvalue weighted by Crippen LogP contribution is -2.48. The van der Waals surface area contributed by atoms with Gasteiger partial charge in [0.2, 0.25) is 10.0 Å². The van der Waals surface area contributed by atoms with Crippen LogP contribution in [0.5, 0.6) is 0 Å². The van der Waals surface area contributed by atoms with Crippen molar-refractivity contribution in [2.45, 2.75) is 4.90 Å². The van der Waals surface area contributed by atoms with Gasteiger partial charge < -0.3 is 4.90 Å². The fourth-order valence-electron chi connectivity index (χ4n) is 2.84. The van der Waals surface area contributed by atoms with Crippen LogP contribution in [0, 0.1) is 15.9 Å². The van der Waals surface area contributed by atoms with Gasteiger partial charge in [-0.15, -0.1) is 0 Å². The third-order valence-electron chi connectivity index (χ3n) is 4.16. The zero-order chi connectivity index (χ0) is 18.9. The molecule has 0 radical (unpaired) electrons. The Hall–Kier alpha value is -2.23. The van der Waals surface area contributed by atoms with E-state index in [9.17, 15) is 22.9 Å². The second-order valence-corrected chi connectivity index (χ2v) is 8.11. The summed E-state index contributed by atoms with van der Waals surface area (Å²) in [5, 5.41) is 11.6. The summed E-state index contributed by atoms with van der Waals surface area (Å²) >= 11 is 5.79. The van der Waals surface area contributed by atoms with Crippen LogP contribution >= 0.6 is 11.6 Å². The van der Waals surface area contributed by atoms with Crippen molar-refractivity contribution < 1.29 is 17.7 Å². The van der Waals surface area contributed by atoms with Gasteiger partial charge in [-0.05, 0) is 36.4 Å². The molecule has 0 atom stereocenters. The summed E-state index contributed by atoms with van der Waals surface area (Å²) in [6.45, 7) is 0.859. The molecule has 0 aliphatic carbocycles. The molecule has 1 aliphatic rings. The second-order valence-electron chi connectivity index (χ2n) is 5.74. The molecule has 1 aliphatic heterocycles. The van der Waals surface area contributed by atoms with Gasteiger partial charge in [0.05, 0.1) is 15.9 Å². The summed E-state index contributed by atoms with van der Waals surface area (Å²) in [5.74, 6) is -0.690. The van der Waals surface area contributed by atoms with Crippen LogP contribution in [0.2, 0.25) is 5.02 Å². The molecule has 0 spiro atoms. The number of piperazine rings is 1. The molecule has 0 bridgehead atoms. The van der Waals surface area contributed by atoms with Crippen LogP contribution in [-0.4, -0.2) is 43.8 Å². The molecular formula is C16H15ClFN3O4S. The van der Waals surface area contributed by atoms with Crippen LogP contribution in [0.3, 0.4) is 0 Å². The van der Waals surface area contributed by atoms with Crippen molar-refractivity contribution in [2.75, 3.05) is 31.1 Å². The van der Waals surface area contributed by atoms with E-state index in [2.05, 4.69) is 0 Å². The van der Waals surface area contributed by atoms with Crippen LogP contribution in [-0.2, 0) is 10.0 Å². The van der Waals surface area contributed by atoms with E-state index in [-0.39, 0.29) is 42.4 Å². The van der Waals surface area contributed by atoms with E-state index in [1.807, 2.05) is 0 Å². The Morgan fingerprint density at radius 2 is 1.65 bits per heavy atom. The largest absolute Gasteiger partial charge is 0.363 e. The number of halogens is 2. The second kappa shape index (κ2) is 7.18. The quantitative estimate of drug-likeness (QED) is 0.583. The van der Waals surface area contributed by atoms with Crippen LogP contribution in [0.25, 0.3) is 0 Å². The van der Waals surface area contributed by atoms with Crippen molar-refractivity contribution in [1.82, 2.24) is 4.31 Å². The monoisotopic (exact) mass is 399 g/mol. The molecule has 1 saturated heterocycles. The highest BCUT2D eigenvalue weighted by Gasteiger charge is 2.30. The lowest BCUT2D eigenvalue weighted by atomic mass is 10.2. The van der Waals surface area contributed by atoms with Crippen molar-refractivity contribution >= 4 is 33.0 Å². The van der Waals surface area contributed by atoms with E-state index in [0.29, 0.717) is 5.02 Å². The Morgan fingerprint density at radius 1 is 1.04 bits per heavy atom. The number of nitrogens with zero attached hydrogens (tertiary/aromatic N) is 3. The molecule has 0 saturated carbocycles. The van der Waals surface area contributed by atoms with Gasteiger partial charge >= 0.3 is 0 Å². The summed E-state index contributed by atoms with van der Waals surface area (Å²) in [4.78, 5) is 12.3. The lowest BCUT2D eigenvalue weighted by molar-refractivity contribution is -0.384. The van der Waals surface area contributed by atoms with E-state index in [1.54, 1.807) is 4.90 Å². The van der Waals surface area contributed by atoms with Gasteiger partial charge in [-0.2, -0.15) is 4.31 Å². The molecule has 0 aromatic heterocycles. The van der Waals surface area contributed by atoms with Crippen molar-refractivity contribution in [2.24, 2.45) is 0 Å². The predicted octanol–water partition coefficient (Wildman–Crippen LogP) is 2.90. The average molecular weight is 400 g/mol. The topological polar surface area (TPSA) is 83.8 Å². The van der Waals surface area contributed by atoms with E-state index < -0.39 is 20.8 Å². The van der Waals surface area contributed by atoms with Gasteiger partial charge in [-0.3, -0.25) is 10.1 Å². The minimum atomic E-state index is -3.66. The van der Waals surface area contributed by atoms with E-state index >= 15 is 0 Å². The Labute approximate surface area is 154 Å². The molecule has 10 heteroatoms. The Morgan fingerprint density at radius 3 is 2.23 bits per heavy atom. The van der Waals surface area contributed by atoms with Crippen LogP contribution in [0.1, 0.15) is 0 Å². The number of hydrogen-bond donors (Lipinski definition) is 0. The van der Waals surface area contributed by atoms with Crippen LogP contribution in [0.4, 0.5) is 15.8 Å². The summed E-state index contributed by atoms with van der Waals surface area (Å²) in [5.41, 5.74) is -0.0565. The van der Waals surface area contributed by atoms with E-state index in [0.717, 1.165) is 12.1 Å². The van der Waals surface area contributed by atoms with Crippen molar-refractivity contribution in [3.8, 4) is 0 Å². The van der Waals surface area contributed by atoms with Gasteiger partial charge in [0.1, 0.15) is 11.5 Å². The molecule has 1 fully saturated rings. The minimum Gasteiger partial charge on any atom is -0.363 e. The molecule has 2 aromatic rings. The van der Waals surface area contributed by atoms with Crippen LogP contribution in [0.15, 0.2) is 47.4 Å². The molecule has 0 unspecified atom stereocenters. The molecule has 0 N–H and O–H groups in total. The summed E-state index contributed by atoms with van der Waals surface area (Å²) in [6, 6.07) is 9.25. The molecule has 2 aromatic carbocycles. The molecule has 0 amide bonds. The lowest BCUT2D eigenvalue weighted by Gasteiger charge is -2.35. The first-order valence-electron chi connectivity index (χ1n) is 7.73. The first-order valence-corrected chi connectivity index (χ1v) is 9.55. The number of nitro benzene ring substituents is 1. The highest BCUT2D eigenvalue weighted by atomic mass is 35.5. The molecule has 7 nitrogen and oxygen atoms in total. The first kappa shape index (κ1) is 18.6. The standard InChI is InChI=1S/C16H15ClFN3O4S/c17-12-1-4-14(5-2-12)26(24,25)20-9-7-19(8-10-20)15-6-3-13(18)11-16(15)21(22)23/h1-6,11H,7-10H2. The number of sulfonamides is 1. The highest BCUT2D eigenvalue weighted by Crippen LogP contribution is 2.30. The maximum absolute atomic E-state index is 13.3. The highest BCUT2D eigenvalue weighted by molar-refractivity contribution is 7.89. The molecule has 138 valence electrons. The van der Waals surface area contributed by atoms with Crippen molar-refractivity contribution in [3.05, 3.63) is 63.4 Å². The van der Waals surface area contributed by atoms with Gasteiger partial charge in [0, 0.05) is 31.2 Å². The van der Waals surface area contributed by atoms with Gasteiger partial charge in [0.25, 0.3) is 5.69 Å². The summed E-state index contributed by atoms with van der Waals surface area (Å²) in [6.07, 6.45) is 0. The number of hydrogen-bond acceptors (Lipinski definition) is 5. The number of rotatable bonds is 4. The van der Waals surface area contributed by atoms with Crippen LogP contribution < -0.4 is 4.90 Å². The Kier molecular flexibility index (Phi) is 5.12. The Balaban J connectivity index is 1.77. The van der Waals surface area contributed by atoms with Crippen molar-refractivity contribution in [3.63, 3.8) is 0 Å². The number of anilines is 1. The predicted molar refractivity (Wildman–Crippen MR) is 95.5 cm³/mol. The normalized spacial score (nSPS) is 15.8. The molecule has 1 heterocycles. The van der Waals surface area contributed by atoms with Crippen molar-refractivity contribution in [1.29, 1.82) is 0 Å². The molecule has 3 rings (SSSR count). The first-order chi connectivity index (χ1) is 12.3. The molecular weight excluding hydrogens is 385 g/mol. The maximum atomic E-state index is 13.3. The minimum absolute atomic E-state index is 0.142. The SMILES string of the molecule is O=[N+]([O-])c1cc(F)ccc1N1CCN(S(=O)(=O)c2ccc(Cl)cc2)CC1. The van der Waals surface area contributed by atoms with E-state index in [4.69, 9.17) is 11.6 Å². The van der Waals surface area contributed by atoms with Gasteiger partial charge in [0.15, 0.2) is 0 Å². The average Bonchev–Trinajstić information content (AvgIpc) is 2.62. The smallest absolute Gasteiger partial charge is 0.295 e. The third kappa shape index (κ3) is 3.64. The fourth-order valence-corrected chi connectivity index (χ4v) is 4.38. The third-order valence-corrected chi connectivity index (χ3v) is 6.33. The fraction of sp³-hybridized carbons (Fsp3) is 0.250. The zero-order valence-corrected chi connectivity index (χ0v) is 15.1. The van der Waals surface area contributed by atoms with Gasteiger partial charge in [-0.25, -0.2) is 12.8 Å². The van der Waals surface area contributed by atoms with E-state index in [1.165, 1.54) is 34.6 Å². The molecule has 26 heavy (non-hydrogen) atoms.